The molecule has 2 nitrogen and oxygen atoms in total. The Balaban J connectivity index is 2.76. The third-order valence-electron chi connectivity index (χ3n) is 1.11. The van der Waals surface area contributed by atoms with Crippen LogP contribution in [0.1, 0.15) is 17.8 Å². The van der Waals surface area contributed by atoms with Gasteiger partial charge in [-0.3, -0.25) is 0 Å². The van der Waals surface area contributed by atoms with Crippen LogP contribution < -0.4 is 0 Å². The number of thiophene rings is 1. The number of nitrogens with zero attached hydrogens (tertiary/aromatic N) is 1. The molecule has 1 heterocycles. The maximum absolute atomic E-state index is 9.96. The van der Waals surface area contributed by atoms with Gasteiger partial charge in [-0.2, -0.15) is 4.91 Å². The zero-order valence-corrected chi connectivity index (χ0v) is 5.89. The SMILES string of the molecule is CC(N=O)c1cccs1. The molecule has 0 amide bonds. The molecule has 0 spiro atoms. The van der Waals surface area contributed by atoms with Crippen molar-refractivity contribution in [3.8, 4) is 0 Å². The maximum Gasteiger partial charge on any atom is 0.123 e. The van der Waals surface area contributed by atoms with E-state index in [9.17, 15) is 4.91 Å². The Labute approximate surface area is 57.5 Å². The second-order valence-electron chi connectivity index (χ2n) is 1.80. The molecule has 1 atom stereocenters. The zero-order chi connectivity index (χ0) is 6.69. The molecule has 0 saturated carbocycles. The van der Waals surface area contributed by atoms with E-state index in [0.29, 0.717) is 0 Å². The monoisotopic (exact) mass is 141 g/mol. The molecule has 1 rings (SSSR count). The third kappa shape index (κ3) is 1.36. The number of hydrogen-bond acceptors (Lipinski definition) is 3. The fraction of sp³-hybridized carbons (Fsp3) is 0.333. The van der Waals surface area contributed by atoms with E-state index in [1.54, 1.807) is 18.3 Å². The van der Waals surface area contributed by atoms with Gasteiger partial charge in [0, 0.05) is 4.88 Å². The summed E-state index contributed by atoms with van der Waals surface area (Å²) in [5, 5.41) is 4.83. The van der Waals surface area contributed by atoms with Crippen LogP contribution in [0, 0.1) is 4.91 Å². The van der Waals surface area contributed by atoms with Crippen molar-refractivity contribution in [2.24, 2.45) is 5.18 Å². The second kappa shape index (κ2) is 2.73. The van der Waals surface area contributed by atoms with Gasteiger partial charge in [-0.25, -0.2) is 0 Å². The van der Waals surface area contributed by atoms with E-state index in [1.807, 2.05) is 17.5 Å². The van der Waals surface area contributed by atoms with E-state index in [2.05, 4.69) is 5.18 Å². The smallest absolute Gasteiger partial charge is 0.123 e. The van der Waals surface area contributed by atoms with Gasteiger partial charge in [-0.1, -0.05) is 11.2 Å². The normalized spacial score (nSPS) is 13.0. The molecule has 0 saturated heterocycles. The van der Waals surface area contributed by atoms with Crippen LogP contribution in [0.15, 0.2) is 22.7 Å². The van der Waals surface area contributed by atoms with Crippen LogP contribution in [0.4, 0.5) is 0 Å². The molecular formula is C6H7NOS. The molecule has 0 radical (unpaired) electrons. The van der Waals surface area contributed by atoms with E-state index in [-0.39, 0.29) is 6.04 Å². The summed E-state index contributed by atoms with van der Waals surface area (Å²) in [7, 11) is 0. The minimum Gasteiger partial charge on any atom is -0.150 e. The van der Waals surface area contributed by atoms with Gasteiger partial charge in [0.25, 0.3) is 0 Å². The molecule has 48 valence electrons. The molecule has 1 aromatic heterocycles. The van der Waals surface area contributed by atoms with Gasteiger partial charge < -0.3 is 0 Å². The highest BCUT2D eigenvalue weighted by molar-refractivity contribution is 7.10. The van der Waals surface area contributed by atoms with Gasteiger partial charge in [-0.05, 0) is 18.4 Å². The molecule has 1 unspecified atom stereocenters. The van der Waals surface area contributed by atoms with Gasteiger partial charge in [0.1, 0.15) is 6.04 Å². The van der Waals surface area contributed by atoms with Crippen LogP contribution in [-0.4, -0.2) is 0 Å². The van der Waals surface area contributed by atoms with Crippen molar-refractivity contribution >= 4 is 11.3 Å². The quantitative estimate of drug-likeness (QED) is 0.582. The first-order chi connectivity index (χ1) is 4.34. The lowest BCUT2D eigenvalue weighted by molar-refractivity contribution is 0.831. The highest BCUT2D eigenvalue weighted by atomic mass is 32.1. The second-order valence-corrected chi connectivity index (χ2v) is 2.78. The predicted molar refractivity (Wildman–Crippen MR) is 38.5 cm³/mol. The van der Waals surface area contributed by atoms with Gasteiger partial charge >= 0.3 is 0 Å². The van der Waals surface area contributed by atoms with Crippen molar-refractivity contribution in [1.82, 2.24) is 0 Å². The summed E-state index contributed by atoms with van der Waals surface area (Å²) in [5.74, 6) is 0. The molecule has 3 heteroatoms. The number of rotatable bonds is 2. The van der Waals surface area contributed by atoms with Crippen LogP contribution in [0.5, 0.6) is 0 Å². The average Bonchev–Trinajstić information content (AvgIpc) is 2.37. The summed E-state index contributed by atoms with van der Waals surface area (Å²) < 4.78 is 0. The molecule has 0 aliphatic rings. The predicted octanol–water partition coefficient (Wildman–Crippen LogP) is 2.58. The maximum atomic E-state index is 9.96. The molecular weight excluding hydrogens is 134 g/mol. The summed E-state index contributed by atoms with van der Waals surface area (Å²) in [6.07, 6.45) is 0. The first-order valence-corrected chi connectivity index (χ1v) is 3.58. The summed E-state index contributed by atoms with van der Waals surface area (Å²) in [5.41, 5.74) is 0. The van der Waals surface area contributed by atoms with E-state index in [0.717, 1.165) is 4.88 Å². The van der Waals surface area contributed by atoms with Gasteiger partial charge in [0.15, 0.2) is 0 Å². The highest BCUT2D eigenvalue weighted by Crippen LogP contribution is 2.20. The topological polar surface area (TPSA) is 29.4 Å². The molecule has 9 heavy (non-hydrogen) atoms. The highest BCUT2D eigenvalue weighted by Gasteiger charge is 2.03. The largest absolute Gasteiger partial charge is 0.150 e. The van der Waals surface area contributed by atoms with Crippen LogP contribution >= 0.6 is 11.3 Å². The fourth-order valence-electron chi connectivity index (χ4n) is 0.581. The summed E-state index contributed by atoms with van der Waals surface area (Å²) in [6.45, 7) is 1.79. The van der Waals surface area contributed by atoms with Crippen LogP contribution in [0.2, 0.25) is 0 Å². The first-order valence-electron chi connectivity index (χ1n) is 2.70. The average molecular weight is 141 g/mol. The lowest BCUT2D eigenvalue weighted by atomic mass is 10.3. The van der Waals surface area contributed by atoms with Crippen molar-refractivity contribution in [2.75, 3.05) is 0 Å². The van der Waals surface area contributed by atoms with Crippen molar-refractivity contribution in [1.29, 1.82) is 0 Å². The third-order valence-corrected chi connectivity index (χ3v) is 2.16. The fourth-order valence-corrected chi connectivity index (χ4v) is 1.29. The van der Waals surface area contributed by atoms with Gasteiger partial charge in [0.05, 0.1) is 0 Å². The molecule has 0 fully saturated rings. The Morgan fingerprint density at radius 2 is 2.56 bits per heavy atom. The van der Waals surface area contributed by atoms with Gasteiger partial charge in [0.2, 0.25) is 0 Å². The van der Waals surface area contributed by atoms with E-state index >= 15 is 0 Å². The summed E-state index contributed by atoms with van der Waals surface area (Å²) in [4.78, 5) is 11.0. The van der Waals surface area contributed by atoms with Crippen LogP contribution in [-0.2, 0) is 0 Å². The van der Waals surface area contributed by atoms with Crippen LogP contribution in [0.25, 0.3) is 0 Å². The van der Waals surface area contributed by atoms with Crippen molar-refractivity contribution in [2.45, 2.75) is 13.0 Å². The van der Waals surface area contributed by atoms with Crippen molar-refractivity contribution in [3.63, 3.8) is 0 Å². The number of hydrogen-bond donors (Lipinski definition) is 0. The van der Waals surface area contributed by atoms with Crippen LogP contribution in [0.3, 0.4) is 0 Å². The van der Waals surface area contributed by atoms with Gasteiger partial charge in [-0.15, -0.1) is 11.3 Å². The Kier molecular flexibility index (Phi) is 1.95. The minimum absolute atomic E-state index is 0.176. The molecule has 0 N–H and O–H groups in total. The van der Waals surface area contributed by atoms with Crippen molar-refractivity contribution in [3.05, 3.63) is 27.3 Å². The summed E-state index contributed by atoms with van der Waals surface area (Å²) >= 11 is 1.56. The lowest BCUT2D eigenvalue weighted by Crippen LogP contribution is -1.79. The Morgan fingerprint density at radius 1 is 1.78 bits per heavy atom. The van der Waals surface area contributed by atoms with E-state index in [1.165, 1.54) is 0 Å². The lowest BCUT2D eigenvalue weighted by Gasteiger charge is -1.93. The zero-order valence-electron chi connectivity index (χ0n) is 5.07. The standard InChI is InChI=1S/C6H7NOS/c1-5(7-8)6-3-2-4-9-6/h2-5H,1H3. The Hall–Kier alpha value is -0.700. The number of nitroso groups, excluding NO2 is 1. The molecule has 0 aliphatic heterocycles. The molecule has 0 bridgehead atoms. The first kappa shape index (κ1) is 6.42. The molecule has 0 aromatic carbocycles. The van der Waals surface area contributed by atoms with E-state index < -0.39 is 0 Å². The summed E-state index contributed by atoms with van der Waals surface area (Å²) in [6, 6.07) is 3.66. The Bertz CT molecular complexity index is 183. The minimum atomic E-state index is -0.176. The Morgan fingerprint density at radius 3 is 3.00 bits per heavy atom. The van der Waals surface area contributed by atoms with E-state index in [4.69, 9.17) is 0 Å². The molecule has 0 aliphatic carbocycles. The molecule has 1 aromatic rings. The van der Waals surface area contributed by atoms with Crippen molar-refractivity contribution < 1.29 is 0 Å².